The quantitative estimate of drug-likeness (QED) is 0.926. The maximum Gasteiger partial charge on any atom is 0.276 e. The van der Waals surface area contributed by atoms with Crippen LogP contribution in [0, 0.1) is 6.92 Å². The van der Waals surface area contributed by atoms with Crippen LogP contribution in [0.15, 0.2) is 40.9 Å². The molecule has 2 rings (SSSR count). The second-order valence-electron chi connectivity index (χ2n) is 3.52. The summed E-state index contributed by atoms with van der Waals surface area (Å²) in [6.07, 6.45) is 0. The first kappa shape index (κ1) is 11.7. The molecule has 0 fully saturated rings. The van der Waals surface area contributed by atoms with Gasteiger partial charge in [0, 0.05) is 10.2 Å². The third kappa shape index (κ3) is 3.10. The molecule has 1 heterocycles. The van der Waals surface area contributed by atoms with Gasteiger partial charge < -0.3 is 5.32 Å². The summed E-state index contributed by atoms with van der Waals surface area (Å²) < 4.78 is 0.964. The molecule has 0 aliphatic carbocycles. The summed E-state index contributed by atoms with van der Waals surface area (Å²) in [7, 11) is 0. The number of carbonyl (C=O) groups excluding carboxylic acids is 1. The van der Waals surface area contributed by atoms with Crippen molar-refractivity contribution >= 4 is 27.5 Å². The van der Waals surface area contributed by atoms with Crippen molar-refractivity contribution < 1.29 is 4.79 Å². The number of amides is 1. The van der Waals surface area contributed by atoms with E-state index in [2.05, 4.69) is 31.4 Å². The molecule has 0 bridgehead atoms. The van der Waals surface area contributed by atoms with Crippen molar-refractivity contribution in [2.75, 3.05) is 5.32 Å². The van der Waals surface area contributed by atoms with E-state index < -0.39 is 0 Å². The number of aromatic nitrogens is 2. The molecule has 86 valence electrons. The molecule has 0 spiro atoms. The summed E-state index contributed by atoms with van der Waals surface area (Å²) in [5, 5.41) is 10.4. The third-order valence-electron chi connectivity index (χ3n) is 2.13. The van der Waals surface area contributed by atoms with E-state index in [0.717, 1.165) is 15.9 Å². The summed E-state index contributed by atoms with van der Waals surface area (Å²) in [6.45, 7) is 1.82. The lowest BCUT2D eigenvalue weighted by molar-refractivity contribution is 0.102. The van der Waals surface area contributed by atoms with Crippen molar-refractivity contribution in [1.82, 2.24) is 10.2 Å². The van der Waals surface area contributed by atoms with Gasteiger partial charge >= 0.3 is 0 Å². The Balaban J connectivity index is 2.11. The van der Waals surface area contributed by atoms with Crippen LogP contribution in [0.1, 0.15) is 16.2 Å². The van der Waals surface area contributed by atoms with Crippen molar-refractivity contribution in [3.8, 4) is 0 Å². The standard InChI is InChI=1S/C12H10BrN3O/c1-8-2-7-11(16-15-8)12(17)14-10-5-3-9(13)4-6-10/h2-7H,1H3,(H,14,17). The van der Waals surface area contributed by atoms with Crippen molar-refractivity contribution in [3.63, 3.8) is 0 Å². The van der Waals surface area contributed by atoms with Gasteiger partial charge in [0.05, 0.1) is 5.69 Å². The molecule has 0 saturated heterocycles. The summed E-state index contributed by atoms with van der Waals surface area (Å²) in [5.41, 5.74) is 1.81. The Morgan fingerprint density at radius 3 is 2.41 bits per heavy atom. The fourth-order valence-corrected chi connectivity index (χ4v) is 1.51. The number of hydrogen-bond donors (Lipinski definition) is 1. The molecule has 0 unspecified atom stereocenters. The number of hydrogen-bond acceptors (Lipinski definition) is 3. The van der Waals surface area contributed by atoms with Crippen LogP contribution < -0.4 is 5.32 Å². The minimum absolute atomic E-state index is 0.264. The fraction of sp³-hybridized carbons (Fsp3) is 0.0833. The summed E-state index contributed by atoms with van der Waals surface area (Å²) in [6, 6.07) is 10.7. The molecule has 0 radical (unpaired) electrons. The predicted molar refractivity (Wildman–Crippen MR) is 68.9 cm³/mol. The molecule has 1 aromatic heterocycles. The second kappa shape index (κ2) is 5.05. The van der Waals surface area contributed by atoms with Gasteiger partial charge in [0.2, 0.25) is 0 Å². The van der Waals surface area contributed by atoms with E-state index in [1.807, 2.05) is 31.2 Å². The lowest BCUT2D eigenvalue weighted by Gasteiger charge is -2.04. The third-order valence-corrected chi connectivity index (χ3v) is 2.66. The lowest BCUT2D eigenvalue weighted by Crippen LogP contribution is -2.14. The largest absolute Gasteiger partial charge is 0.321 e. The van der Waals surface area contributed by atoms with Gasteiger partial charge in [0.15, 0.2) is 5.69 Å². The number of carbonyl (C=O) groups is 1. The molecular formula is C12H10BrN3O. The van der Waals surface area contributed by atoms with Crippen LogP contribution >= 0.6 is 15.9 Å². The zero-order chi connectivity index (χ0) is 12.3. The van der Waals surface area contributed by atoms with Crippen LogP contribution in [0.2, 0.25) is 0 Å². The molecule has 1 aromatic carbocycles. The summed E-state index contributed by atoms with van der Waals surface area (Å²) in [5.74, 6) is -0.264. The van der Waals surface area contributed by atoms with Gasteiger partial charge in [-0.1, -0.05) is 15.9 Å². The number of anilines is 1. The van der Waals surface area contributed by atoms with Crippen LogP contribution in [0.25, 0.3) is 0 Å². The van der Waals surface area contributed by atoms with Crippen LogP contribution in [0.4, 0.5) is 5.69 Å². The smallest absolute Gasteiger partial charge is 0.276 e. The number of benzene rings is 1. The number of nitrogens with one attached hydrogen (secondary N) is 1. The number of rotatable bonds is 2. The highest BCUT2D eigenvalue weighted by molar-refractivity contribution is 9.10. The molecule has 1 amide bonds. The zero-order valence-electron chi connectivity index (χ0n) is 9.14. The van der Waals surface area contributed by atoms with Gasteiger partial charge in [-0.3, -0.25) is 4.79 Å². The molecule has 0 atom stereocenters. The average Bonchev–Trinajstić information content (AvgIpc) is 2.33. The maximum atomic E-state index is 11.8. The molecule has 0 aliphatic rings. The average molecular weight is 292 g/mol. The van der Waals surface area contributed by atoms with Gasteiger partial charge in [-0.2, -0.15) is 5.10 Å². The molecule has 17 heavy (non-hydrogen) atoms. The van der Waals surface area contributed by atoms with Crippen molar-refractivity contribution in [3.05, 3.63) is 52.3 Å². The SMILES string of the molecule is Cc1ccc(C(=O)Nc2ccc(Br)cc2)nn1. The van der Waals surface area contributed by atoms with Crippen molar-refractivity contribution in [2.24, 2.45) is 0 Å². The maximum absolute atomic E-state index is 11.8. The Labute approximate surface area is 107 Å². The molecule has 5 heteroatoms. The highest BCUT2D eigenvalue weighted by Gasteiger charge is 2.07. The first-order chi connectivity index (χ1) is 8.15. The topological polar surface area (TPSA) is 54.9 Å². The normalized spacial score (nSPS) is 10.0. The number of nitrogens with zero attached hydrogens (tertiary/aromatic N) is 2. The Morgan fingerprint density at radius 1 is 1.12 bits per heavy atom. The van der Waals surface area contributed by atoms with Crippen LogP contribution in [-0.2, 0) is 0 Å². The van der Waals surface area contributed by atoms with Crippen LogP contribution in [0.3, 0.4) is 0 Å². The van der Waals surface area contributed by atoms with Crippen molar-refractivity contribution in [2.45, 2.75) is 6.92 Å². The van der Waals surface area contributed by atoms with E-state index in [-0.39, 0.29) is 5.91 Å². The highest BCUT2D eigenvalue weighted by Crippen LogP contribution is 2.14. The van der Waals surface area contributed by atoms with E-state index in [1.54, 1.807) is 12.1 Å². The van der Waals surface area contributed by atoms with Gasteiger partial charge in [-0.25, -0.2) is 0 Å². The summed E-state index contributed by atoms with van der Waals surface area (Å²) in [4.78, 5) is 11.8. The van der Waals surface area contributed by atoms with Gasteiger partial charge in [-0.15, -0.1) is 5.10 Å². The Bertz CT molecular complexity index is 522. The van der Waals surface area contributed by atoms with E-state index in [4.69, 9.17) is 0 Å². The Kier molecular flexibility index (Phi) is 3.49. The van der Waals surface area contributed by atoms with Gasteiger partial charge in [-0.05, 0) is 43.3 Å². The zero-order valence-corrected chi connectivity index (χ0v) is 10.7. The van der Waals surface area contributed by atoms with Gasteiger partial charge in [0.25, 0.3) is 5.91 Å². The number of halogens is 1. The van der Waals surface area contributed by atoms with E-state index in [0.29, 0.717) is 5.69 Å². The summed E-state index contributed by atoms with van der Waals surface area (Å²) >= 11 is 3.33. The number of aryl methyl sites for hydroxylation is 1. The van der Waals surface area contributed by atoms with Crippen LogP contribution in [-0.4, -0.2) is 16.1 Å². The molecular weight excluding hydrogens is 282 g/mol. The Morgan fingerprint density at radius 2 is 1.82 bits per heavy atom. The van der Waals surface area contributed by atoms with E-state index in [1.165, 1.54) is 0 Å². The first-order valence-electron chi connectivity index (χ1n) is 5.02. The predicted octanol–water partition coefficient (Wildman–Crippen LogP) is 2.80. The van der Waals surface area contributed by atoms with Gasteiger partial charge in [0.1, 0.15) is 0 Å². The molecule has 0 aliphatic heterocycles. The Hall–Kier alpha value is -1.75. The second-order valence-corrected chi connectivity index (χ2v) is 4.44. The lowest BCUT2D eigenvalue weighted by atomic mass is 10.3. The fourth-order valence-electron chi connectivity index (χ4n) is 1.25. The molecule has 4 nitrogen and oxygen atoms in total. The highest BCUT2D eigenvalue weighted by atomic mass is 79.9. The first-order valence-corrected chi connectivity index (χ1v) is 5.82. The molecule has 1 N–H and O–H groups in total. The van der Waals surface area contributed by atoms with Crippen LogP contribution in [0.5, 0.6) is 0 Å². The molecule has 2 aromatic rings. The monoisotopic (exact) mass is 291 g/mol. The van der Waals surface area contributed by atoms with E-state index >= 15 is 0 Å². The minimum Gasteiger partial charge on any atom is -0.321 e. The molecule has 0 saturated carbocycles. The van der Waals surface area contributed by atoms with Crippen molar-refractivity contribution in [1.29, 1.82) is 0 Å². The minimum atomic E-state index is -0.264. The van der Waals surface area contributed by atoms with E-state index in [9.17, 15) is 4.79 Å².